The fourth-order valence-electron chi connectivity index (χ4n) is 2.68. The molecule has 0 saturated carbocycles. The standard InChI is InChI=1S/C18H28N2O2.ClH/c1-2-3-4-12-22-17-9-7-16(8-10-17)18(21)20-14-15-6-5-11-19-13-15;/h7-10,15,19H,2-6,11-14H2,1H3,(H,20,21);1H. The molecule has 1 fully saturated rings. The van der Waals surface area contributed by atoms with Crippen LogP contribution in [-0.2, 0) is 0 Å². The summed E-state index contributed by atoms with van der Waals surface area (Å²) >= 11 is 0. The van der Waals surface area contributed by atoms with E-state index in [9.17, 15) is 4.79 Å². The van der Waals surface area contributed by atoms with Crippen LogP contribution in [0.15, 0.2) is 24.3 Å². The number of hydrogen-bond acceptors (Lipinski definition) is 3. The van der Waals surface area contributed by atoms with E-state index in [-0.39, 0.29) is 18.3 Å². The molecule has 1 aromatic carbocycles. The summed E-state index contributed by atoms with van der Waals surface area (Å²) in [6.07, 6.45) is 5.85. The summed E-state index contributed by atoms with van der Waals surface area (Å²) in [4.78, 5) is 12.1. The topological polar surface area (TPSA) is 50.4 Å². The molecule has 1 aromatic rings. The lowest BCUT2D eigenvalue weighted by Crippen LogP contribution is -2.38. The minimum absolute atomic E-state index is 0. The minimum atomic E-state index is 0. The SMILES string of the molecule is CCCCCOc1ccc(C(=O)NCC2CCCNC2)cc1.Cl. The van der Waals surface area contributed by atoms with Crippen LogP contribution >= 0.6 is 12.4 Å². The molecule has 4 nitrogen and oxygen atoms in total. The fraction of sp³-hybridized carbons (Fsp3) is 0.611. The van der Waals surface area contributed by atoms with Gasteiger partial charge in [-0.1, -0.05) is 19.8 Å². The maximum atomic E-state index is 12.1. The van der Waals surface area contributed by atoms with Gasteiger partial charge in [-0.05, 0) is 62.5 Å². The zero-order valence-corrected chi connectivity index (χ0v) is 14.8. The van der Waals surface area contributed by atoms with Crippen molar-refractivity contribution in [3.05, 3.63) is 29.8 Å². The van der Waals surface area contributed by atoms with E-state index in [1.807, 2.05) is 24.3 Å². The van der Waals surface area contributed by atoms with E-state index in [0.29, 0.717) is 11.5 Å². The van der Waals surface area contributed by atoms with Gasteiger partial charge in [0.2, 0.25) is 0 Å². The van der Waals surface area contributed by atoms with E-state index < -0.39 is 0 Å². The maximum Gasteiger partial charge on any atom is 0.251 e. The number of ether oxygens (including phenoxy) is 1. The normalized spacial score (nSPS) is 17.2. The number of carbonyl (C=O) groups excluding carboxylic acids is 1. The Morgan fingerprint density at radius 3 is 2.74 bits per heavy atom. The van der Waals surface area contributed by atoms with Crippen LogP contribution in [0.3, 0.4) is 0 Å². The molecule has 1 amide bonds. The first-order valence-corrected chi connectivity index (χ1v) is 8.51. The third kappa shape index (κ3) is 7.23. The molecule has 1 unspecified atom stereocenters. The molecular weight excluding hydrogens is 312 g/mol. The van der Waals surface area contributed by atoms with Crippen molar-refractivity contribution in [3.63, 3.8) is 0 Å². The molecule has 2 rings (SSSR count). The quantitative estimate of drug-likeness (QED) is 0.713. The second-order valence-corrected chi connectivity index (χ2v) is 6.00. The first-order chi connectivity index (χ1) is 10.8. The highest BCUT2D eigenvalue weighted by atomic mass is 35.5. The number of hydrogen-bond donors (Lipinski definition) is 2. The van der Waals surface area contributed by atoms with Gasteiger partial charge >= 0.3 is 0 Å². The molecular formula is C18H29ClN2O2. The van der Waals surface area contributed by atoms with Gasteiger partial charge in [-0.25, -0.2) is 0 Å². The van der Waals surface area contributed by atoms with Crippen LogP contribution in [0.5, 0.6) is 5.75 Å². The van der Waals surface area contributed by atoms with E-state index in [2.05, 4.69) is 17.6 Å². The number of unbranched alkanes of at least 4 members (excludes halogenated alkanes) is 2. The fourth-order valence-corrected chi connectivity index (χ4v) is 2.68. The Kier molecular flexibility index (Phi) is 9.72. The van der Waals surface area contributed by atoms with Crippen molar-refractivity contribution in [2.24, 2.45) is 5.92 Å². The molecule has 0 bridgehead atoms. The Bertz CT molecular complexity index is 445. The third-order valence-corrected chi connectivity index (χ3v) is 4.08. The van der Waals surface area contributed by atoms with Crippen molar-refractivity contribution < 1.29 is 9.53 Å². The van der Waals surface area contributed by atoms with Gasteiger partial charge in [-0.2, -0.15) is 0 Å². The van der Waals surface area contributed by atoms with Gasteiger partial charge in [0, 0.05) is 12.1 Å². The minimum Gasteiger partial charge on any atom is -0.494 e. The zero-order valence-electron chi connectivity index (χ0n) is 14.0. The Morgan fingerprint density at radius 2 is 2.09 bits per heavy atom. The van der Waals surface area contributed by atoms with E-state index in [1.54, 1.807) is 0 Å². The number of amides is 1. The summed E-state index contributed by atoms with van der Waals surface area (Å²) in [6, 6.07) is 7.43. The number of benzene rings is 1. The van der Waals surface area contributed by atoms with Gasteiger partial charge in [-0.3, -0.25) is 4.79 Å². The monoisotopic (exact) mass is 340 g/mol. The first-order valence-electron chi connectivity index (χ1n) is 8.51. The van der Waals surface area contributed by atoms with Crippen LogP contribution < -0.4 is 15.4 Å². The van der Waals surface area contributed by atoms with Crippen LogP contribution in [-0.4, -0.2) is 32.1 Å². The van der Waals surface area contributed by atoms with Crippen molar-refractivity contribution in [2.45, 2.75) is 39.0 Å². The predicted octanol–water partition coefficient (Wildman–Crippen LogP) is 3.41. The average Bonchev–Trinajstić information content (AvgIpc) is 2.58. The smallest absolute Gasteiger partial charge is 0.251 e. The van der Waals surface area contributed by atoms with Crippen LogP contribution in [0.1, 0.15) is 49.4 Å². The summed E-state index contributed by atoms with van der Waals surface area (Å²) in [5.41, 5.74) is 0.699. The number of halogens is 1. The predicted molar refractivity (Wildman–Crippen MR) is 96.6 cm³/mol. The summed E-state index contributed by atoms with van der Waals surface area (Å²) in [7, 11) is 0. The van der Waals surface area contributed by atoms with E-state index in [1.165, 1.54) is 25.7 Å². The zero-order chi connectivity index (χ0) is 15.6. The summed E-state index contributed by atoms with van der Waals surface area (Å²) in [5, 5.41) is 6.39. The Labute approximate surface area is 145 Å². The molecule has 1 heterocycles. The average molecular weight is 341 g/mol. The molecule has 23 heavy (non-hydrogen) atoms. The molecule has 0 radical (unpaired) electrons. The molecule has 130 valence electrons. The lowest BCUT2D eigenvalue weighted by molar-refractivity contribution is 0.0945. The van der Waals surface area contributed by atoms with Crippen LogP contribution in [0.4, 0.5) is 0 Å². The molecule has 1 aliphatic heterocycles. The highest BCUT2D eigenvalue weighted by Crippen LogP contribution is 2.13. The lowest BCUT2D eigenvalue weighted by atomic mass is 10.00. The van der Waals surface area contributed by atoms with Gasteiger partial charge in [0.05, 0.1) is 6.61 Å². The molecule has 1 saturated heterocycles. The van der Waals surface area contributed by atoms with Crippen molar-refractivity contribution in [1.29, 1.82) is 0 Å². The van der Waals surface area contributed by atoms with Crippen LogP contribution in [0.2, 0.25) is 0 Å². The number of nitrogens with one attached hydrogen (secondary N) is 2. The highest BCUT2D eigenvalue weighted by molar-refractivity contribution is 5.94. The molecule has 0 spiro atoms. The highest BCUT2D eigenvalue weighted by Gasteiger charge is 2.14. The number of rotatable bonds is 8. The molecule has 0 aliphatic carbocycles. The van der Waals surface area contributed by atoms with Crippen LogP contribution in [0, 0.1) is 5.92 Å². The summed E-state index contributed by atoms with van der Waals surface area (Å²) < 4.78 is 5.66. The van der Waals surface area contributed by atoms with Gasteiger partial charge in [0.1, 0.15) is 5.75 Å². The largest absolute Gasteiger partial charge is 0.494 e. The van der Waals surface area contributed by atoms with E-state index in [0.717, 1.165) is 38.4 Å². The first kappa shape index (κ1) is 19.8. The van der Waals surface area contributed by atoms with Crippen LogP contribution in [0.25, 0.3) is 0 Å². The lowest BCUT2D eigenvalue weighted by Gasteiger charge is -2.22. The number of carbonyl (C=O) groups is 1. The van der Waals surface area contributed by atoms with Gasteiger partial charge in [0.25, 0.3) is 5.91 Å². The molecule has 0 aromatic heterocycles. The van der Waals surface area contributed by atoms with Gasteiger partial charge in [-0.15, -0.1) is 12.4 Å². The maximum absolute atomic E-state index is 12.1. The van der Waals surface area contributed by atoms with Crippen molar-refractivity contribution >= 4 is 18.3 Å². The van der Waals surface area contributed by atoms with Crippen molar-refractivity contribution in [2.75, 3.05) is 26.2 Å². The third-order valence-electron chi connectivity index (χ3n) is 4.08. The Hall–Kier alpha value is -1.26. The summed E-state index contributed by atoms with van der Waals surface area (Å²) in [5.74, 6) is 1.39. The second kappa shape index (κ2) is 11.3. The molecule has 1 aliphatic rings. The van der Waals surface area contributed by atoms with Crippen molar-refractivity contribution in [3.8, 4) is 5.75 Å². The van der Waals surface area contributed by atoms with E-state index >= 15 is 0 Å². The molecule has 1 atom stereocenters. The van der Waals surface area contributed by atoms with Gasteiger partial charge in [0.15, 0.2) is 0 Å². The van der Waals surface area contributed by atoms with Crippen molar-refractivity contribution in [1.82, 2.24) is 10.6 Å². The molecule has 5 heteroatoms. The van der Waals surface area contributed by atoms with Gasteiger partial charge < -0.3 is 15.4 Å². The second-order valence-electron chi connectivity index (χ2n) is 6.00. The molecule has 2 N–H and O–H groups in total. The summed E-state index contributed by atoms with van der Waals surface area (Å²) in [6.45, 7) is 5.78. The Balaban J connectivity index is 0.00000264. The Morgan fingerprint density at radius 1 is 1.30 bits per heavy atom. The number of piperidine rings is 1. The van der Waals surface area contributed by atoms with E-state index in [4.69, 9.17) is 4.74 Å².